The van der Waals surface area contributed by atoms with Gasteiger partial charge in [-0.3, -0.25) is 0 Å². The van der Waals surface area contributed by atoms with Gasteiger partial charge >= 0.3 is 0 Å². The van der Waals surface area contributed by atoms with Crippen LogP contribution in [-0.4, -0.2) is 32.5 Å². The van der Waals surface area contributed by atoms with E-state index in [0.29, 0.717) is 6.54 Å². The molecule has 3 nitrogen and oxygen atoms in total. The molecular weight excluding hydrogens is 266 g/mol. The van der Waals surface area contributed by atoms with E-state index in [1.54, 1.807) is 0 Å². The first kappa shape index (κ1) is 12.2. The van der Waals surface area contributed by atoms with Crippen LogP contribution >= 0.6 is 15.9 Å². The lowest BCUT2D eigenvalue weighted by Crippen LogP contribution is -2.40. The van der Waals surface area contributed by atoms with Crippen molar-refractivity contribution in [3.8, 4) is 0 Å². The van der Waals surface area contributed by atoms with Gasteiger partial charge in [-0.15, -0.1) is 0 Å². The van der Waals surface area contributed by atoms with Gasteiger partial charge in [0, 0.05) is 23.3 Å². The first-order chi connectivity index (χ1) is 6.41. The van der Waals surface area contributed by atoms with Crippen molar-refractivity contribution in [3.63, 3.8) is 0 Å². The first-order valence-corrected chi connectivity index (χ1v) is 7.41. The quantitative estimate of drug-likeness (QED) is 0.849. The van der Waals surface area contributed by atoms with Crippen LogP contribution in [0.5, 0.6) is 0 Å². The SMILES string of the molecule is C=C(Br)CNC1CCCC1S(C)(=O)=O. The van der Waals surface area contributed by atoms with Crippen molar-refractivity contribution in [1.29, 1.82) is 0 Å². The Morgan fingerprint density at radius 3 is 2.71 bits per heavy atom. The lowest BCUT2D eigenvalue weighted by molar-refractivity contribution is 0.528. The van der Waals surface area contributed by atoms with E-state index in [1.807, 2.05) is 0 Å². The Morgan fingerprint density at radius 2 is 2.21 bits per heavy atom. The number of hydrogen-bond donors (Lipinski definition) is 1. The third kappa shape index (κ3) is 3.37. The van der Waals surface area contributed by atoms with Crippen LogP contribution in [0.1, 0.15) is 19.3 Å². The van der Waals surface area contributed by atoms with Crippen molar-refractivity contribution in [2.45, 2.75) is 30.6 Å². The number of rotatable bonds is 4. The van der Waals surface area contributed by atoms with Crippen molar-refractivity contribution in [2.75, 3.05) is 12.8 Å². The van der Waals surface area contributed by atoms with E-state index < -0.39 is 9.84 Å². The molecule has 0 amide bonds. The second kappa shape index (κ2) is 4.77. The van der Waals surface area contributed by atoms with E-state index in [0.717, 1.165) is 23.7 Å². The molecule has 0 radical (unpaired) electrons. The molecule has 1 saturated carbocycles. The molecular formula is C9H16BrNO2S. The summed E-state index contributed by atoms with van der Waals surface area (Å²) >= 11 is 3.25. The summed E-state index contributed by atoms with van der Waals surface area (Å²) < 4.78 is 23.7. The maximum atomic E-state index is 11.4. The lowest BCUT2D eigenvalue weighted by atomic mass is 10.2. The molecule has 5 heteroatoms. The third-order valence-electron chi connectivity index (χ3n) is 2.56. The molecule has 14 heavy (non-hydrogen) atoms. The third-order valence-corrected chi connectivity index (χ3v) is 4.50. The minimum absolute atomic E-state index is 0.0966. The fourth-order valence-electron chi connectivity index (χ4n) is 1.91. The second-order valence-corrected chi connectivity index (χ2v) is 7.19. The zero-order valence-electron chi connectivity index (χ0n) is 8.29. The Kier molecular flexibility index (Phi) is 4.15. The van der Waals surface area contributed by atoms with Gasteiger partial charge in [0.05, 0.1) is 5.25 Å². The highest BCUT2D eigenvalue weighted by Crippen LogP contribution is 2.25. The summed E-state index contributed by atoms with van der Waals surface area (Å²) in [6, 6.07) is 0.0966. The van der Waals surface area contributed by atoms with Gasteiger partial charge in [0.15, 0.2) is 9.84 Å². The van der Waals surface area contributed by atoms with Crippen LogP contribution in [0.25, 0.3) is 0 Å². The van der Waals surface area contributed by atoms with Crippen LogP contribution < -0.4 is 5.32 Å². The van der Waals surface area contributed by atoms with Gasteiger partial charge in [-0.1, -0.05) is 28.9 Å². The van der Waals surface area contributed by atoms with Crippen LogP contribution in [0.3, 0.4) is 0 Å². The summed E-state index contributed by atoms with van der Waals surface area (Å²) in [6.45, 7) is 4.34. The number of sulfone groups is 1. The van der Waals surface area contributed by atoms with Crippen LogP contribution in [0.4, 0.5) is 0 Å². The Morgan fingerprint density at radius 1 is 1.57 bits per heavy atom. The smallest absolute Gasteiger partial charge is 0.151 e. The van der Waals surface area contributed by atoms with E-state index in [1.165, 1.54) is 6.26 Å². The van der Waals surface area contributed by atoms with E-state index in [-0.39, 0.29) is 11.3 Å². The average molecular weight is 282 g/mol. The van der Waals surface area contributed by atoms with Crippen LogP contribution in [0.15, 0.2) is 11.1 Å². The molecule has 0 aromatic carbocycles. The average Bonchev–Trinajstić information content (AvgIpc) is 2.46. The maximum absolute atomic E-state index is 11.4. The summed E-state index contributed by atoms with van der Waals surface area (Å²) in [7, 11) is -2.91. The normalized spacial score (nSPS) is 27.9. The molecule has 2 unspecified atom stereocenters. The van der Waals surface area contributed by atoms with E-state index in [2.05, 4.69) is 27.8 Å². The summed E-state index contributed by atoms with van der Waals surface area (Å²) in [6.07, 6.45) is 4.04. The van der Waals surface area contributed by atoms with Gasteiger partial charge < -0.3 is 5.32 Å². The van der Waals surface area contributed by atoms with Crippen LogP contribution in [0.2, 0.25) is 0 Å². The highest BCUT2D eigenvalue weighted by Gasteiger charge is 2.34. The number of halogens is 1. The highest BCUT2D eigenvalue weighted by molar-refractivity contribution is 9.11. The zero-order chi connectivity index (χ0) is 10.8. The van der Waals surface area contributed by atoms with Crippen molar-refractivity contribution >= 4 is 25.8 Å². The van der Waals surface area contributed by atoms with Gasteiger partial charge in [-0.2, -0.15) is 0 Å². The molecule has 1 rings (SSSR count). The van der Waals surface area contributed by atoms with Gasteiger partial charge in [-0.05, 0) is 12.8 Å². The van der Waals surface area contributed by atoms with Gasteiger partial charge in [0.1, 0.15) is 0 Å². The van der Waals surface area contributed by atoms with E-state index in [4.69, 9.17) is 0 Å². The van der Waals surface area contributed by atoms with Crippen LogP contribution in [0, 0.1) is 0 Å². The fourth-order valence-corrected chi connectivity index (χ4v) is 3.50. The second-order valence-electron chi connectivity index (χ2n) is 3.80. The van der Waals surface area contributed by atoms with Crippen molar-refractivity contribution in [3.05, 3.63) is 11.1 Å². The largest absolute Gasteiger partial charge is 0.308 e. The number of hydrogen-bond acceptors (Lipinski definition) is 3. The molecule has 0 aromatic heterocycles. The van der Waals surface area contributed by atoms with E-state index >= 15 is 0 Å². The Hall–Kier alpha value is 0.130. The summed E-state index contributed by atoms with van der Waals surface area (Å²) in [5, 5.41) is 3.00. The molecule has 0 aromatic rings. The Bertz CT molecular complexity index is 313. The topological polar surface area (TPSA) is 46.2 Å². The predicted octanol–water partition coefficient (Wildman–Crippen LogP) is 1.45. The molecule has 1 aliphatic carbocycles. The standard InChI is InChI=1S/C9H16BrNO2S/c1-7(10)6-11-8-4-3-5-9(8)14(2,12)13/h8-9,11H,1,3-6H2,2H3. The molecule has 0 spiro atoms. The van der Waals surface area contributed by atoms with Gasteiger partial charge in [-0.25, -0.2) is 8.42 Å². The predicted molar refractivity (Wildman–Crippen MR) is 62.3 cm³/mol. The number of nitrogens with one attached hydrogen (secondary N) is 1. The molecule has 1 aliphatic rings. The van der Waals surface area contributed by atoms with Crippen molar-refractivity contribution < 1.29 is 8.42 Å². The van der Waals surface area contributed by atoms with Crippen molar-refractivity contribution in [1.82, 2.24) is 5.32 Å². The fraction of sp³-hybridized carbons (Fsp3) is 0.778. The Balaban J connectivity index is 2.56. The molecule has 0 saturated heterocycles. The summed E-state index contributed by atoms with van der Waals surface area (Å²) in [5.74, 6) is 0. The molecule has 0 bridgehead atoms. The lowest BCUT2D eigenvalue weighted by Gasteiger charge is -2.19. The maximum Gasteiger partial charge on any atom is 0.151 e. The Labute approximate surface area is 94.0 Å². The molecule has 1 N–H and O–H groups in total. The summed E-state index contributed by atoms with van der Waals surface area (Å²) in [4.78, 5) is 0. The van der Waals surface area contributed by atoms with Crippen molar-refractivity contribution in [2.24, 2.45) is 0 Å². The molecule has 0 aliphatic heterocycles. The van der Waals surface area contributed by atoms with E-state index in [9.17, 15) is 8.42 Å². The minimum Gasteiger partial charge on any atom is -0.308 e. The molecule has 2 atom stereocenters. The van der Waals surface area contributed by atoms with Crippen LogP contribution in [-0.2, 0) is 9.84 Å². The highest BCUT2D eigenvalue weighted by atomic mass is 79.9. The van der Waals surface area contributed by atoms with Gasteiger partial charge in [0.2, 0.25) is 0 Å². The monoisotopic (exact) mass is 281 g/mol. The minimum atomic E-state index is -2.91. The molecule has 1 fully saturated rings. The first-order valence-electron chi connectivity index (χ1n) is 4.67. The van der Waals surface area contributed by atoms with Gasteiger partial charge in [0.25, 0.3) is 0 Å². The molecule has 0 heterocycles. The summed E-state index contributed by atoms with van der Waals surface area (Å²) in [5.41, 5.74) is 0. The molecule has 82 valence electrons. The zero-order valence-corrected chi connectivity index (χ0v) is 10.7.